The lowest BCUT2D eigenvalue weighted by Gasteiger charge is -2.24. The van der Waals surface area contributed by atoms with Crippen LogP contribution in [-0.4, -0.2) is 48.6 Å². The van der Waals surface area contributed by atoms with Crippen LogP contribution in [0.15, 0.2) is 34.7 Å². The van der Waals surface area contributed by atoms with Crippen LogP contribution in [0, 0.1) is 9.39 Å². The molecule has 0 saturated carbocycles. The third-order valence-electron chi connectivity index (χ3n) is 4.85. The summed E-state index contributed by atoms with van der Waals surface area (Å²) in [6.07, 6.45) is 0.693. The van der Waals surface area contributed by atoms with Crippen LogP contribution in [-0.2, 0) is 22.6 Å². The zero-order valence-electron chi connectivity index (χ0n) is 17.5. The Hall–Kier alpha value is -2.42. The van der Waals surface area contributed by atoms with Gasteiger partial charge in [-0.3, -0.25) is 13.8 Å². The average molecular weight is 588 g/mol. The van der Waals surface area contributed by atoms with Gasteiger partial charge in [0.15, 0.2) is 0 Å². The molecule has 2 aromatic heterocycles. The Balaban J connectivity index is 1.97. The average Bonchev–Trinajstić information content (AvgIpc) is 3.13. The van der Waals surface area contributed by atoms with Crippen molar-refractivity contribution < 1.29 is 32.3 Å². The van der Waals surface area contributed by atoms with Crippen LogP contribution in [0.4, 0.5) is 4.39 Å². The molecule has 0 spiro atoms. The topological polar surface area (TPSA) is 136 Å². The number of aliphatic carboxylic acids is 1. The van der Waals surface area contributed by atoms with Crippen molar-refractivity contribution in [1.29, 1.82) is 0 Å². The zero-order chi connectivity index (χ0) is 24.1. The first-order valence-corrected chi connectivity index (χ1v) is 12.0. The number of unbranched alkanes of at least 4 members (excludes halogenated alkanes) is 1. The van der Waals surface area contributed by atoms with Gasteiger partial charge in [0, 0.05) is 40.4 Å². The van der Waals surface area contributed by atoms with Gasteiger partial charge in [-0.15, -0.1) is 0 Å². The number of rotatable bonds is 10. The third kappa shape index (κ3) is 6.13. The van der Waals surface area contributed by atoms with Crippen molar-refractivity contribution in [2.75, 3.05) is 13.6 Å². The summed E-state index contributed by atoms with van der Waals surface area (Å²) in [5, 5.41) is 11.7. The largest absolute Gasteiger partial charge is 0.760 e. The lowest BCUT2D eigenvalue weighted by atomic mass is 10.1. The Labute approximate surface area is 204 Å². The van der Waals surface area contributed by atoms with Gasteiger partial charge >= 0.3 is 5.97 Å². The minimum Gasteiger partial charge on any atom is -0.760 e. The van der Waals surface area contributed by atoms with E-state index < -0.39 is 29.0 Å². The highest BCUT2D eigenvalue weighted by molar-refractivity contribution is 14.1. The molecule has 0 bridgehead atoms. The molecule has 3 aromatic rings. The lowest BCUT2D eigenvalue weighted by molar-refractivity contribution is -0.137. The molecule has 0 aliphatic rings. The molecule has 1 aromatic carbocycles. The smallest absolute Gasteiger partial charge is 0.303 e. The van der Waals surface area contributed by atoms with E-state index >= 15 is 0 Å². The molecule has 0 aliphatic heterocycles. The summed E-state index contributed by atoms with van der Waals surface area (Å²) in [5.74, 6) is -1.55. The molecule has 0 fully saturated rings. The number of carbonyl (C=O) groups excluding carboxylic acids is 1. The summed E-state index contributed by atoms with van der Waals surface area (Å²) in [4.78, 5) is 27.7. The van der Waals surface area contributed by atoms with Crippen molar-refractivity contribution in [2.24, 2.45) is 0 Å². The number of furan rings is 1. The number of nitrogens with one attached hydrogen (secondary N) is 1. The van der Waals surface area contributed by atoms with Gasteiger partial charge in [-0.25, -0.2) is 13.7 Å². The first-order valence-electron chi connectivity index (χ1n) is 9.87. The fourth-order valence-electron chi connectivity index (χ4n) is 3.24. The van der Waals surface area contributed by atoms with Crippen LogP contribution in [0.2, 0.25) is 0 Å². The van der Waals surface area contributed by atoms with Crippen LogP contribution >= 0.6 is 22.6 Å². The number of halogens is 2. The third-order valence-corrected chi connectivity index (χ3v) is 6.52. The van der Waals surface area contributed by atoms with Crippen LogP contribution in [0.3, 0.4) is 0 Å². The summed E-state index contributed by atoms with van der Waals surface area (Å²) in [5.41, 5.74) is 1.30. The highest BCUT2D eigenvalue weighted by Crippen LogP contribution is 2.34. The summed E-state index contributed by atoms with van der Waals surface area (Å²) in [7, 11) is 1.48. The van der Waals surface area contributed by atoms with Crippen LogP contribution in [0.1, 0.15) is 35.3 Å². The van der Waals surface area contributed by atoms with Gasteiger partial charge in [-0.2, -0.15) is 0 Å². The SMILES string of the molecule is CNC(=O)c1c(-c2ccc(F)cc2)oc2nc(CN(CCCCC(=O)O)S(=O)[O-])c(I)cc12. The van der Waals surface area contributed by atoms with E-state index in [1.807, 2.05) is 22.6 Å². The fraction of sp³-hybridized carbons (Fsp3) is 0.286. The number of aromatic nitrogens is 1. The summed E-state index contributed by atoms with van der Waals surface area (Å²) in [6.45, 7) is 0.0982. The zero-order valence-corrected chi connectivity index (χ0v) is 20.4. The van der Waals surface area contributed by atoms with Crippen LogP contribution in [0.5, 0.6) is 0 Å². The van der Waals surface area contributed by atoms with Gasteiger partial charge in [0.05, 0.1) is 23.2 Å². The monoisotopic (exact) mass is 588 g/mol. The Morgan fingerprint density at radius 2 is 2.00 bits per heavy atom. The number of fused-ring (bicyclic) bond motifs is 1. The van der Waals surface area contributed by atoms with Crippen molar-refractivity contribution in [3.05, 3.63) is 51.0 Å². The minimum atomic E-state index is -2.54. The maximum absolute atomic E-state index is 13.4. The number of pyridine rings is 1. The molecule has 1 unspecified atom stereocenters. The van der Waals surface area contributed by atoms with Crippen molar-refractivity contribution in [1.82, 2.24) is 14.6 Å². The van der Waals surface area contributed by atoms with Gasteiger partial charge in [0.2, 0.25) is 5.71 Å². The first kappa shape index (κ1) is 25.2. The summed E-state index contributed by atoms with van der Waals surface area (Å²) >= 11 is -0.529. The number of hydrogen-bond donors (Lipinski definition) is 2. The maximum Gasteiger partial charge on any atom is 0.303 e. The molecule has 176 valence electrons. The van der Waals surface area contributed by atoms with E-state index in [0.29, 0.717) is 33.1 Å². The van der Waals surface area contributed by atoms with E-state index in [9.17, 15) is 22.7 Å². The van der Waals surface area contributed by atoms with Crippen LogP contribution < -0.4 is 5.32 Å². The number of carboxylic acid groups (broad SMARTS) is 1. The van der Waals surface area contributed by atoms with Gasteiger partial charge in [-0.1, -0.05) is 0 Å². The van der Waals surface area contributed by atoms with E-state index in [0.717, 1.165) is 4.31 Å². The molecule has 0 radical (unpaired) electrons. The Morgan fingerprint density at radius 1 is 1.30 bits per heavy atom. The molecule has 9 nitrogen and oxygen atoms in total. The predicted octanol–water partition coefficient (Wildman–Crippen LogP) is 3.45. The standard InChI is InChI=1S/C21H21FIN3O6S/c1-24-20(29)18-14-10-15(23)16(11-26(33(30)31)9-3-2-4-17(27)28)25-21(14)32-19(18)12-5-7-13(22)8-6-12/h5-8,10H,2-4,9,11H2,1H3,(H,24,29)(H,27,28)(H,30,31)/p-1. The molecule has 33 heavy (non-hydrogen) atoms. The van der Waals surface area contributed by atoms with Crippen molar-refractivity contribution in [2.45, 2.75) is 25.8 Å². The normalized spacial score (nSPS) is 12.3. The molecule has 0 aliphatic carbocycles. The number of hydrogen-bond acceptors (Lipinski definition) is 6. The minimum absolute atomic E-state index is 0.0398. The number of amides is 1. The van der Waals surface area contributed by atoms with E-state index in [2.05, 4.69) is 10.3 Å². The summed E-state index contributed by atoms with van der Waals surface area (Å²) in [6, 6.07) is 7.18. The molecule has 1 amide bonds. The number of carbonyl (C=O) groups is 2. The molecule has 12 heteroatoms. The van der Waals surface area contributed by atoms with Gasteiger partial charge in [-0.05, 0) is 65.8 Å². The fourth-order valence-corrected chi connectivity index (χ4v) is 4.35. The quantitative estimate of drug-likeness (QED) is 0.210. The Kier molecular flexibility index (Phi) is 8.51. The Bertz CT molecular complexity index is 1200. The number of carboxylic acids is 1. The van der Waals surface area contributed by atoms with Crippen molar-refractivity contribution in [3.8, 4) is 11.3 Å². The number of nitrogens with zero attached hydrogens (tertiary/aromatic N) is 2. The predicted molar refractivity (Wildman–Crippen MR) is 126 cm³/mol. The highest BCUT2D eigenvalue weighted by atomic mass is 127. The van der Waals surface area contributed by atoms with Gasteiger partial charge in [0.25, 0.3) is 5.91 Å². The van der Waals surface area contributed by atoms with Crippen molar-refractivity contribution >= 4 is 56.8 Å². The maximum atomic E-state index is 13.4. The molecule has 1 atom stereocenters. The second-order valence-corrected chi connectivity index (χ2v) is 9.21. The van der Waals surface area contributed by atoms with E-state index in [-0.39, 0.29) is 36.5 Å². The molecular formula is C21H20FIN3O6S-. The number of benzene rings is 1. The second kappa shape index (κ2) is 11.1. The summed E-state index contributed by atoms with van der Waals surface area (Å²) < 4.78 is 44.4. The first-order chi connectivity index (χ1) is 15.7. The Morgan fingerprint density at radius 3 is 2.61 bits per heavy atom. The lowest BCUT2D eigenvalue weighted by Crippen LogP contribution is -2.27. The molecule has 2 heterocycles. The van der Waals surface area contributed by atoms with Crippen molar-refractivity contribution in [3.63, 3.8) is 0 Å². The van der Waals surface area contributed by atoms with Gasteiger partial charge < -0.3 is 19.4 Å². The molecule has 3 rings (SSSR count). The molecular weight excluding hydrogens is 568 g/mol. The second-order valence-electron chi connectivity index (χ2n) is 7.09. The van der Waals surface area contributed by atoms with Gasteiger partial charge in [0.1, 0.15) is 11.6 Å². The highest BCUT2D eigenvalue weighted by Gasteiger charge is 2.24. The van der Waals surface area contributed by atoms with E-state index in [1.165, 1.54) is 31.3 Å². The van der Waals surface area contributed by atoms with Crippen LogP contribution in [0.25, 0.3) is 22.4 Å². The molecule has 2 N–H and O–H groups in total. The van der Waals surface area contributed by atoms with E-state index in [4.69, 9.17) is 9.52 Å². The molecule has 0 saturated heterocycles. The van der Waals surface area contributed by atoms with E-state index in [1.54, 1.807) is 6.07 Å².